The average Bonchev–Trinajstić information content (AvgIpc) is 3.38. The first-order chi connectivity index (χ1) is 18.0. The minimum atomic E-state index is -3.75. The van der Waals surface area contributed by atoms with Crippen LogP contribution in [0.1, 0.15) is 21.5 Å². The van der Waals surface area contributed by atoms with Crippen molar-refractivity contribution in [3.05, 3.63) is 131 Å². The maximum atomic E-state index is 12.8. The van der Waals surface area contributed by atoms with Crippen molar-refractivity contribution in [3.63, 3.8) is 0 Å². The molecule has 0 saturated heterocycles. The van der Waals surface area contributed by atoms with Crippen molar-refractivity contribution in [1.29, 1.82) is 0 Å². The van der Waals surface area contributed by atoms with Crippen molar-refractivity contribution in [1.82, 2.24) is 4.98 Å². The van der Waals surface area contributed by atoms with E-state index in [-0.39, 0.29) is 10.8 Å². The van der Waals surface area contributed by atoms with E-state index in [2.05, 4.69) is 39.3 Å². The number of rotatable bonds is 8. The predicted molar refractivity (Wildman–Crippen MR) is 148 cm³/mol. The van der Waals surface area contributed by atoms with Crippen LogP contribution >= 0.6 is 11.3 Å². The number of amides is 1. The first-order valence-corrected chi connectivity index (χ1v) is 13.9. The average molecular weight is 526 g/mol. The summed E-state index contributed by atoms with van der Waals surface area (Å²) in [5.74, 6) is -0.375. The summed E-state index contributed by atoms with van der Waals surface area (Å²) in [6.07, 6.45) is 0.861. The molecule has 0 atom stereocenters. The van der Waals surface area contributed by atoms with Crippen LogP contribution in [0.15, 0.2) is 119 Å². The number of nitrogens with one attached hydrogen (secondary N) is 2. The van der Waals surface area contributed by atoms with Gasteiger partial charge in [0.1, 0.15) is 0 Å². The van der Waals surface area contributed by atoms with E-state index in [9.17, 15) is 13.2 Å². The van der Waals surface area contributed by atoms with E-state index >= 15 is 0 Å². The third kappa shape index (κ3) is 6.11. The molecule has 4 aromatic carbocycles. The van der Waals surface area contributed by atoms with E-state index in [1.807, 2.05) is 35.7 Å². The minimum absolute atomic E-state index is 0.147. The molecule has 1 amide bonds. The van der Waals surface area contributed by atoms with E-state index in [1.54, 1.807) is 36.4 Å². The summed E-state index contributed by atoms with van der Waals surface area (Å²) < 4.78 is 27.7. The van der Waals surface area contributed by atoms with Crippen molar-refractivity contribution in [2.75, 3.05) is 10.0 Å². The fraction of sp³-hybridized carbons (Fsp3) is 0.0345. The Balaban J connectivity index is 1.24. The summed E-state index contributed by atoms with van der Waals surface area (Å²) in [4.78, 5) is 17.5. The van der Waals surface area contributed by atoms with Gasteiger partial charge in [0.2, 0.25) is 0 Å². The monoisotopic (exact) mass is 525 g/mol. The number of hydrogen-bond acceptors (Lipinski definition) is 5. The second kappa shape index (κ2) is 10.8. The molecule has 37 heavy (non-hydrogen) atoms. The van der Waals surface area contributed by atoms with Crippen LogP contribution in [0.25, 0.3) is 11.3 Å². The molecule has 0 aliphatic heterocycles. The smallest absolute Gasteiger partial charge is 0.261 e. The van der Waals surface area contributed by atoms with Crippen LogP contribution in [0.2, 0.25) is 0 Å². The molecule has 0 bridgehead atoms. The van der Waals surface area contributed by atoms with E-state index in [1.165, 1.54) is 40.7 Å². The fourth-order valence-electron chi connectivity index (χ4n) is 3.80. The van der Waals surface area contributed by atoms with Gasteiger partial charge >= 0.3 is 0 Å². The van der Waals surface area contributed by atoms with Crippen LogP contribution < -0.4 is 10.0 Å². The van der Waals surface area contributed by atoms with E-state index < -0.39 is 10.0 Å². The molecule has 184 valence electrons. The first kappa shape index (κ1) is 24.4. The van der Waals surface area contributed by atoms with Crippen LogP contribution in [0, 0.1) is 0 Å². The summed E-state index contributed by atoms with van der Waals surface area (Å²) in [5, 5.41) is 5.16. The standard InChI is InChI=1S/C29H23N3O3S2/c33-28(24-10-7-11-25(19-24)32-37(34,35)26-12-5-2-6-13-26)31-29-30-27(20-36-29)23-16-14-22(15-17-23)18-21-8-3-1-4-9-21/h1-17,19-20,32H,18H2,(H,30,31,33). The van der Waals surface area contributed by atoms with Gasteiger partial charge in [0.15, 0.2) is 5.13 Å². The molecule has 0 saturated carbocycles. The van der Waals surface area contributed by atoms with Crippen molar-refractivity contribution >= 4 is 38.1 Å². The van der Waals surface area contributed by atoms with Gasteiger partial charge in [-0.1, -0.05) is 78.9 Å². The molecule has 0 aliphatic carbocycles. The Labute approximate surface area is 219 Å². The number of thiazole rings is 1. The summed E-state index contributed by atoms with van der Waals surface area (Å²) in [5.41, 5.74) is 4.82. The number of nitrogens with zero attached hydrogens (tertiary/aromatic N) is 1. The van der Waals surface area contributed by atoms with Gasteiger partial charge < -0.3 is 0 Å². The van der Waals surface area contributed by atoms with E-state index in [0.717, 1.165) is 17.7 Å². The SMILES string of the molecule is O=C(Nc1nc(-c2ccc(Cc3ccccc3)cc2)cs1)c1cccc(NS(=O)(=O)c2ccccc2)c1. The maximum Gasteiger partial charge on any atom is 0.261 e. The Bertz CT molecular complexity index is 1620. The number of anilines is 2. The molecule has 0 fully saturated rings. The Morgan fingerprint density at radius 1 is 0.784 bits per heavy atom. The van der Waals surface area contributed by atoms with Crippen molar-refractivity contribution in [2.45, 2.75) is 11.3 Å². The number of sulfonamides is 1. The molecule has 0 radical (unpaired) electrons. The normalized spacial score (nSPS) is 11.1. The molecule has 2 N–H and O–H groups in total. The molecule has 5 aromatic rings. The number of aromatic nitrogens is 1. The molecular weight excluding hydrogens is 502 g/mol. The number of benzene rings is 4. The Hall–Kier alpha value is -4.27. The van der Waals surface area contributed by atoms with Gasteiger partial charge in [-0.3, -0.25) is 14.8 Å². The number of hydrogen-bond donors (Lipinski definition) is 2. The second-order valence-corrected chi connectivity index (χ2v) is 10.9. The zero-order valence-corrected chi connectivity index (χ0v) is 21.3. The van der Waals surface area contributed by atoms with Gasteiger partial charge in [0.05, 0.1) is 10.6 Å². The van der Waals surface area contributed by atoms with Crippen LogP contribution in [-0.4, -0.2) is 19.3 Å². The lowest BCUT2D eigenvalue weighted by Crippen LogP contribution is -2.15. The predicted octanol–water partition coefficient (Wildman–Crippen LogP) is 6.45. The highest BCUT2D eigenvalue weighted by Crippen LogP contribution is 2.26. The molecule has 1 aromatic heterocycles. The molecule has 6 nitrogen and oxygen atoms in total. The lowest BCUT2D eigenvalue weighted by atomic mass is 10.0. The Morgan fingerprint density at radius 2 is 1.46 bits per heavy atom. The summed E-state index contributed by atoms with van der Waals surface area (Å²) in [6.45, 7) is 0. The van der Waals surface area contributed by atoms with Gasteiger partial charge in [-0.2, -0.15) is 0 Å². The summed E-state index contributed by atoms with van der Waals surface area (Å²) in [7, 11) is -3.75. The number of carbonyl (C=O) groups excluding carboxylic acids is 1. The van der Waals surface area contributed by atoms with Gasteiger partial charge in [-0.05, 0) is 47.9 Å². The maximum absolute atomic E-state index is 12.8. The van der Waals surface area contributed by atoms with Gasteiger partial charge in [-0.25, -0.2) is 13.4 Å². The van der Waals surface area contributed by atoms with Crippen LogP contribution in [0.3, 0.4) is 0 Å². The third-order valence-corrected chi connectivity index (χ3v) is 7.81. The van der Waals surface area contributed by atoms with E-state index in [0.29, 0.717) is 16.4 Å². The minimum Gasteiger partial charge on any atom is -0.298 e. The third-order valence-electron chi connectivity index (χ3n) is 5.66. The summed E-state index contributed by atoms with van der Waals surface area (Å²) in [6, 6.07) is 32.9. The molecule has 8 heteroatoms. The Morgan fingerprint density at radius 3 is 2.19 bits per heavy atom. The molecule has 5 rings (SSSR count). The van der Waals surface area contributed by atoms with Crippen molar-refractivity contribution in [2.24, 2.45) is 0 Å². The Kier molecular flexibility index (Phi) is 7.11. The highest BCUT2D eigenvalue weighted by atomic mass is 32.2. The van der Waals surface area contributed by atoms with Crippen LogP contribution in [-0.2, 0) is 16.4 Å². The lowest BCUT2D eigenvalue weighted by molar-refractivity contribution is 0.102. The molecule has 0 unspecified atom stereocenters. The summed E-state index contributed by atoms with van der Waals surface area (Å²) >= 11 is 1.33. The molecule has 1 heterocycles. The second-order valence-electron chi connectivity index (χ2n) is 8.35. The highest BCUT2D eigenvalue weighted by molar-refractivity contribution is 7.92. The molecular formula is C29H23N3O3S2. The highest BCUT2D eigenvalue weighted by Gasteiger charge is 2.15. The quantitative estimate of drug-likeness (QED) is 0.244. The van der Waals surface area contributed by atoms with Crippen molar-refractivity contribution in [3.8, 4) is 11.3 Å². The topological polar surface area (TPSA) is 88.2 Å². The zero-order chi connectivity index (χ0) is 25.7. The first-order valence-electron chi connectivity index (χ1n) is 11.5. The zero-order valence-electron chi connectivity index (χ0n) is 19.7. The molecule has 0 aliphatic rings. The van der Waals surface area contributed by atoms with Crippen molar-refractivity contribution < 1.29 is 13.2 Å². The lowest BCUT2D eigenvalue weighted by Gasteiger charge is -2.09. The van der Waals surface area contributed by atoms with Crippen LogP contribution in [0.4, 0.5) is 10.8 Å². The number of carbonyl (C=O) groups is 1. The van der Waals surface area contributed by atoms with Crippen LogP contribution in [0.5, 0.6) is 0 Å². The van der Waals surface area contributed by atoms with Gasteiger partial charge in [0.25, 0.3) is 15.9 Å². The van der Waals surface area contributed by atoms with Gasteiger partial charge in [0, 0.05) is 22.2 Å². The molecule has 0 spiro atoms. The van der Waals surface area contributed by atoms with Gasteiger partial charge in [-0.15, -0.1) is 11.3 Å². The largest absolute Gasteiger partial charge is 0.298 e. The fourth-order valence-corrected chi connectivity index (χ4v) is 5.58. The van der Waals surface area contributed by atoms with E-state index in [4.69, 9.17) is 0 Å².